The molecule has 1 heterocycles. The van der Waals surface area contributed by atoms with E-state index in [1.807, 2.05) is 66.7 Å². The molecule has 1 aliphatic heterocycles. The van der Waals surface area contributed by atoms with Crippen LogP contribution in [0, 0.1) is 0 Å². The topological polar surface area (TPSA) is 51.0 Å². The zero-order chi connectivity index (χ0) is 18.4. The van der Waals surface area contributed by atoms with Crippen molar-refractivity contribution in [2.45, 2.75) is 5.54 Å². The Balaban J connectivity index is 2.00. The van der Waals surface area contributed by atoms with E-state index in [9.17, 15) is 4.79 Å². The van der Waals surface area contributed by atoms with E-state index in [1.54, 1.807) is 0 Å². The van der Waals surface area contributed by atoms with Gasteiger partial charge < -0.3 is 4.74 Å². The van der Waals surface area contributed by atoms with Crippen LogP contribution in [0.25, 0.3) is 21.5 Å². The third kappa shape index (κ3) is 2.01. The SMILES string of the molecule is COC(=O)C1(c2ccccc2)N=Nc2c1c1ccccc1c1ccccc21. The van der Waals surface area contributed by atoms with Gasteiger partial charge in [-0.3, -0.25) is 0 Å². The maximum Gasteiger partial charge on any atom is 0.345 e. The maximum atomic E-state index is 13.1. The second-order valence-corrected chi connectivity index (χ2v) is 6.58. The van der Waals surface area contributed by atoms with Crippen LogP contribution in [0.1, 0.15) is 11.1 Å². The van der Waals surface area contributed by atoms with Gasteiger partial charge >= 0.3 is 5.97 Å². The molecular weight excluding hydrogens is 336 g/mol. The van der Waals surface area contributed by atoms with Crippen LogP contribution < -0.4 is 0 Å². The molecule has 130 valence electrons. The van der Waals surface area contributed by atoms with Gasteiger partial charge in [0, 0.05) is 10.9 Å². The van der Waals surface area contributed by atoms with Crippen LogP contribution in [0.3, 0.4) is 0 Å². The number of methoxy groups -OCH3 is 1. The summed E-state index contributed by atoms with van der Waals surface area (Å²) in [6.07, 6.45) is 0. The van der Waals surface area contributed by atoms with Gasteiger partial charge in [0.2, 0.25) is 5.54 Å². The van der Waals surface area contributed by atoms with Crippen molar-refractivity contribution in [1.29, 1.82) is 0 Å². The number of azo groups is 1. The molecule has 0 aromatic heterocycles. The summed E-state index contributed by atoms with van der Waals surface area (Å²) in [7, 11) is 1.39. The molecule has 0 saturated heterocycles. The van der Waals surface area contributed by atoms with E-state index in [2.05, 4.69) is 22.4 Å². The molecule has 0 saturated carbocycles. The summed E-state index contributed by atoms with van der Waals surface area (Å²) in [5.41, 5.74) is 0.975. The summed E-state index contributed by atoms with van der Waals surface area (Å²) in [4.78, 5) is 13.1. The molecule has 4 aromatic carbocycles. The fourth-order valence-electron chi connectivity index (χ4n) is 4.06. The molecule has 0 amide bonds. The molecular formula is C23H16N2O2. The molecule has 5 rings (SSSR count). The van der Waals surface area contributed by atoms with Crippen LogP contribution in [0.2, 0.25) is 0 Å². The molecule has 4 aromatic rings. The standard InChI is InChI=1S/C23H16N2O2/c1-27-22(26)23(15-9-3-2-4-10-15)20-18-13-7-5-11-16(18)17-12-6-8-14-19(17)21(20)24-25-23/h2-14H,1H3. The summed E-state index contributed by atoms with van der Waals surface area (Å²) in [6, 6.07) is 25.7. The van der Waals surface area contributed by atoms with E-state index in [1.165, 1.54) is 7.11 Å². The summed E-state index contributed by atoms with van der Waals surface area (Å²) < 4.78 is 5.22. The van der Waals surface area contributed by atoms with E-state index >= 15 is 0 Å². The molecule has 0 N–H and O–H groups in total. The third-order valence-corrected chi connectivity index (χ3v) is 5.24. The Morgan fingerprint density at radius 3 is 2.00 bits per heavy atom. The second-order valence-electron chi connectivity index (χ2n) is 6.58. The number of carbonyl (C=O) groups is 1. The Labute approximate surface area is 156 Å². The summed E-state index contributed by atoms with van der Waals surface area (Å²) in [6.45, 7) is 0. The number of benzene rings is 4. The lowest BCUT2D eigenvalue weighted by Gasteiger charge is -2.25. The van der Waals surface area contributed by atoms with Gasteiger partial charge in [-0.1, -0.05) is 78.9 Å². The zero-order valence-electron chi connectivity index (χ0n) is 14.7. The summed E-state index contributed by atoms with van der Waals surface area (Å²) in [5.74, 6) is -0.434. The molecule has 27 heavy (non-hydrogen) atoms. The lowest BCUT2D eigenvalue weighted by Crippen LogP contribution is -2.34. The highest BCUT2D eigenvalue weighted by molar-refractivity contribution is 6.17. The van der Waals surface area contributed by atoms with Gasteiger partial charge in [-0.15, -0.1) is 0 Å². The Bertz CT molecular complexity index is 1230. The quantitative estimate of drug-likeness (QED) is 0.353. The fraction of sp³-hybridized carbons (Fsp3) is 0.0870. The van der Waals surface area contributed by atoms with E-state index in [-0.39, 0.29) is 0 Å². The van der Waals surface area contributed by atoms with Crippen LogP contribution in [-0.4, -0.2) is 13.1 Å². The summed E-state index contributed by atoms with van der Waals surface area (Å²) in [5, 5.41) is 13.1. The first-order chi connectivity index (χ1) is 13.3. The smallest absolute Gasteiger partial charge is 0.345 e. The van der Waals surface area contributed by atoms with Crippen molar-refractivity contribution in [3.8, 4) is 0 Å². The zero-order valence-corrected chi connectivity index (χ0v) is 14.7. The fourth-order valence-corrected chi connectivity index (χ4v) is 4.06. The number of rotatable bonds is 2. The van der Waals surface area contributed by atoms with E-state index in [0.29, 0.717) is 0 Å². The number of nitrogens with zero attached hydrogens (tertiary/aromatic N) is 2. The van der Waals surface area contributed by atoms with Crippen molar-refractivity contribution in [1.82, 2.24) is 0 Å². The Morgan fingerprint density at radius 1 is 0.778 bits per heavy atom. The lowest BCUT2D eigenvalue weighted by molar-refractivity contribution is -0.145. The average molecular weight is 352 g/mol. The van der Waals surface area contributed by atoms with E-state index in [4.69, 9.17) is 4.74 Å². The second kappa shape index (κ2) is 5.74. The van der Waals surface area contributed by atoms with Crippen LogP contribution in [0.4, 0.5) is 5.69 Å². The molecule has 0 radical (unpaired) electrons. The van der Waals surface area contributed by atoms with Crippen molar-refractivity contribution in [3.05, 3.63) is 90.0 Å². The van der Waals surface area contributed by atoms with Crippen LogP contribution in [-0.2, 0) is 15.1 Å². The van der Waals surface area contributed by atoms with Crippen LogP contribution in [0.15, 0.2) is 89.1 Å². The number of ether oxygens (including phenoxy) is 1. The van der Waals surface area contributed by atoms with Crippen LogP contribution >= 0.6 is 0 Å². The largest absolute Gasteiger partial charge is 0.467 e. The first kappa shape index (κ1) is 15.7. The van der Waals surface area contributed by atoms with Crippen LogP contribution in [0.5, 0.6) is 0 Å². The van der Waals surface area contributed by atoms with Crippen molar-refractivity contribution in [2.75, 3.05) is 7.11 Å². The predicted molar refractivity (Wildman–Crippen MR) is 105 cm³/mol. The van der Waals surface area contributed by atoms with Gasteiger partial charge in [-0.25, -0.2) is 4.79 Å². The highest BCUT2D eigenvalue weighted by Crippen LogP contribution is 2.52. The predicted octanol–water partition coefficient (Wildman–Crippen LogP) is 5.51. The number of carbonyl (C=O) groups excluding carboxylic acids is 1. The lowest BCUT2D eigenvalue weighted by atomic mass is 9.79. The molecule has 4 nitrogen and oxygen atoms in total. The molecule has 0 spiro atoms. The average Bonchev–Trinajstić information content (AvgIpc) is 3.16. The van der Waals surface area contributed by atoms with Crippen molar-refractivity contribution >= 4 is 33.2 Å². The van der Waals surface area contributed by atoms with E-state index < -0.39 is 11.5 Å². The minimum Gasteiger partial charge on any atom is -0.467 e. The molecule has 0 aliphatic carbocycles. The molecule has 1 unspecified atom stereocenters. The maximum absolute atomic E-state index is 13.1. The monoisotopic (exact) mass is 352 g/mol. The highest BCUT2D eigenvalue weighted by atomic mass is 16.5. The van der Waals surface area contributed by atoms with E-state index in [0.717, 1.165) is 38.4 Å². The molecule has 1 aliphatic rings. The minimum absolute atomic E-state index is 0.434. The summed E-state index contributed by atoms with van der Waals surface area (Å²) >= 11 is 0. The first-order valence-electron chi connectivity index (χ1n) is 8.78. The number of fused-ring (bicyclic) bond motifs is 6. The highest BCUT2D eigenvalue weighted by Gasteiger charge is 2.50. The molecule has 4 heteroatoms. The Hall–Kier alpha value is -3.53. The van der Waals surface area contributed by atoms with Gasteiger partial charge in [0.15, 0.2) is 0 Å². The molecule has 1 atom stereocenters. The first-order valence-corrected chi connectivity index (χ1v) is 8.78. The third-order valence-electron chi connectivity index (χ3n) is 5.24. The number of hydrogen-bond acceptors (Lipinski definition) is 4. The normalized spacial score (nSPS) is 18.0. The van der Waals surface area contributed by atoms with Gasteiger partial charge in [-0.05, 0) is 21.7 Å². The molecule has 0 bridgehead atoms. The van der Waals surface area contributed by atoms with Crippen molar-refractivity contribution in [3.63, 3.8) is 0 Å². The van der Waals surface area contributed by atoms with Gasteiger partial charge in [-0.2, -0.15) is 10.2 Å². The Kier molecular flexibility index (Phi) is 3.34. The van der Waals surface area contributed by atoms with Gasteiger partial charge in [0.25, 0.3) is 0 Å². The van der Waals surface area contributed by atoms with Gasteiger partial charge in [0.05, 0.1) is 7.11 Å². The van der Waals surface area contributed by atoms with Gasteiger partial charge in [0.1, 0.15) is 5.69 Å². The number of esters is 1. The van der Waals surface area contributed by atoms with Crippen molar-refractivity contribution in [2.24, 2.45) is 10.2 Å². The molecule has 0 fully saturated rings. The minimum atomic E-state index is -1.30. The Morgan fingerprint density at radius 2 is 1.33 bits per heavy atom. The number of hydrogen-bond donors (Lipinski definition) is 0. The van der Waals surface area contributed by atoms with Crippen molar-refractivity contribution < 1.29 is 9.53 Å².